The molecule has 0 N–H and O–H groups in total. The molecule has 1 saturated heterocycles. The number of halogens is 3. The zero-order valence-corrected chi connectivity index (χ0v) is 14.4. The van der Waals surface area contributed by atoms with E-state index >= 15 is 0 Å². The first kappa shape index (κ1) is 19.3. The molecule has 1 fully saturated rings. The lowest BCUT2D eigenvalue weighted by atomic mass is 9.74. The maximum Gasteiger partial charge on any atom is 0.496 e. The third-order valence-electron chi connectivity index (χ3n) is 4.53. The van der Waals surface area contributed by atoms with Crippen LogP contribution in [0.4, 0.5) is 13.2 Å². The molecule has 1 aliphatic heterocycles. The van der Waals surface area contributed by atoms with Crippen molar-refractivity contribution >= 4 is 18.6 Å². The normalized spacial score (nSPS) is 18.8. The summed E-state index contributed by atoms with van der Waals surface area (Å²) in [4.78, 5) is 11.8. The molecule has 1 aliphatic rings. The second kappa shape index (κ2) is 6.04. The molecule has 0 atom stereocenters. The van der Waals surface area contributed by atoms with Gasteiger partial charge in [-0.3, -0.25) is 0 Å². The first-order valence-electron chi connectivity index (χ1n) is 7.43. The molecule has 2 rings (SSSR count). The van der Waals surface area contributed by atoms with Crippen LogP contribution < -0.4 is 5.46 Å². The van der Waals surface area contributed by atoms with E-state index in [1.165, 1.54) is 0 Å². The molecule has 0 radical (unpaired) electrons. The molecule has 0 unspecified atom stereocenters. The lowest BCUT2D eigenvalue weighted by Gasteiger charge is -2.32. The maximum atomic E-state index is 13.2. The summed E-state index contributed by atoms with van der Waals surface area (Å²) in [6.45, 7) is 7.07. The minimum Gasteiger partial charge on any atom is -0.465 e. The van der Waals surface area contributed by atoms with Gasteiger partial charge in [0.05, 0.1) is 41.1 Å². The Morgan fingerprint density at radius 3 is 2.12 bits per heavy atom. The van der Waals surface area contributed by atoms with E-state index in [4.69, 9.17) is 9.31 Å². The topological polar surface area (TPSA) is 68.6 Å². The van der Waals surface area contributed by atoms with Gasteiger partial charge in [0.1, 0.15) is 0 Å². The van der Waals surface area contributed by atoms with Crippen LogP contribution in [0.2, 0.25) is 0 Å². The average Bonchev–Trinajstić information content (AvgIpc) is 2.72. The van der Waals surface area contributed by atoms with Crippen molar-refractivity contribution in [2.24, 2.45) is 0 Å². The van der Waals surface area contributed by atoms with Crippen LogP contribution in [0.25, 0.3) is 0 Å². The van der Waals surface area contributed by atoms with E-state index in [0.717, 1.165) is 13.2 Å². The number of methoxy groups -OCH3 is 1. The number of benzene rings is 1. The number of esters is 1. The van der Waals surface area contributed by atoms with Gasteiger partial charge in [-0.1, -0.05) is 0 Å². The molecule has 25 heavy (non-hydrogen) atoms. The van der Waals surface area contributed by atoms with Gasteiger partial charge in [0, 0.05) is 5.46 Å². The molecule has 5 nitrogen and oxygen atoms in total. The van der Waals surface area contributed by atoms with Crippen LogP contribution in [0.3, 0.4) is 0 Å². The lowest BCUT2D eigenvalue weighted by molar-refractivity contribution is -0.138. The van der Waals surface area contributed by atoms with E-state index < -0.39 is 41.6 Å². The largest absolute Gasteiger partial charge is 0.496 e. The number of carbonyl (C=O) groups is 1. The van der Waals surface area contributed by atoms with Crippen molar-refractivity contribution in [2.45, 2.75) is 45.1 Å². The molecule has 0 bridgehead atoms. The number of hydrogen-bond donors (Lipinski definition) is 0. The van der Waals surface area contributed by atoms with Gasteiger partial charge >= 0.3 is 19.3 Å². The molecule has 0 aromatic heterocycles. The van der Waals surface area contributed by atoms with Gasteiger partial charge in [-0.2, -0.15) is 18.4 Å². The summed E-state index contributed by atoms with van der Waals surface area (Å²) in [6.07, 6.45) is -4.82. The molecule has 1 aromatic carbocycles. The van der Waals surface area contributed by atoms with Crippen molar-refractivity contribution in [3.05, 3.63) is 28.8 Å². The molecule has 134 valence electrons. The predicted molar refractivity (Wildman–Crippen MR) is 83.2 cm³/mol. The van der Waals surface area contributed by atoms with Gasteiger partial charge in [0.15, 0.2) is 0 Å². The van der Waals surface area contributed by atoms with Crippen molar-refractivity contribution in [2.75, 3.05) is 7.11 Å². The second-order valence-corrected chi connectivity index (χ2v) is 6.67. The molecular formula is C16H17BF3NO4. The average molecular weight is 355 g/mol. The minimum absolute atomic E-state index is 0.0505. The van der Waals surface area contributed by atoms with E-state index in [1.54, 1.807) is 33.8 Å². The number of rotatable bonds is 2. The van der Waals surface area contributed by atoms with Crippen molar-refractivity contribution < 1.29 is 32.0 Å². The second-order valence-electron chi connectivity index (χ2n) is 6.67. The summed E-state index contributed by atoms with van der Waals surface area (Å²) in [6, 6.07) is 3.28. The van der Waals surface area contributed by atoms with Gasteiger partial charge in [-0.05, 0) is 39.8 Å². The van der Waals surface area contributed by atoms with Crippen LogP contribution in [-0.4, -0.2) is 31.4 Å². The Labute approximate surface area is 143 Å². The zero-order chi connectivity index (χ0) is 19.2. The van der Waals surface area contributed by atoms with Crippen LogP contribution in [-0.2, 0) is 20.2 Å². The minimum atomic E-state index is -4.82. The van der Waals surface area contributed by atoms with Crippen LogP contribution in [0, 0.1) is 11.3 Å². The third kappa shape index (κ3) is 3.37. The number of nitriles is 1. The SMILES string of the molecule is COC(=O)c1cc(B2OC(C)(C)C(C)(C)O2)c(C#N)cc1C(F)(F)F. The van der Waals surface area contributed by atoms with Gasteiger partial charge in [0.25, 0.3) is 0 Å². The zero-order valence-electron chi connectivity index (χ0n) is 14.4. The number of alkyl halides is 3. The summed E-state index contributed by atoms with van der Waals surface area (Å²) in [5.41, 5.74) is -3.67. The van der Waals surface area contributed by atoms with E-state index in [9.17, 15) is 23.2 Å². The number of nitrogens with zero attached hydrogens (tertiary/aromatic N) is 1. The number of carbonyl (C=O) groups excluding carboxylic acids is 1. The number of hydrogen-bond acceptors (Lipinski definition) is 5. The maximum absolute atomic E-state index is 13.2. The summed E-state index contributed by atoms with van der Waals surface area (Å²) in [7, 11) is -0.0971. The summed E-state index contributed by atoms with van der Waals surface area (Å²) >= 11 is 0. The first-order valence-corrected chi connectivity index (χ1v) is 7.43. The summed E-state index contributed by atoms with van der Waals surface area (Å²) < 4.78 is 55.7. The number of ether oxygens (including phenoxy) is 1. The van der Waals surface area contributed by atoms with Crippen molar-refractivity contribution in [3.8, 4) is 6.07 Å². The molecule has 0 aliphatic carbocycles. The van der Waals surface area contributed by atoms with E-state index in [0.29, 0.717) is 6.07 Å². The van der Waals surface area contributed by atoms with Crippen molar-refractivity contribution in [1.29, 1.82) is 5.26 Å². The van der Waals surface area contributed by atoms with E-state index in [1.807, 2.05) is 0 Å². The highest BCUT2D eigenvalue weighted by Crippen LogP contribution is 2.38. The van der Waals surface area contributed by atoms with Gasteiger partial charge < -0.3 is 14.0 Å². The Bertz CT molecular complexity index is 737. The van der Waals surface area contributed by atoms with E-state index in [2.05, 4.69) is 4.74 Å². The van der Waals surface area contributed by atoms with Crippen LogP contribution in [0.1, 0.15) is 49.2 Å². The Kier molecular flexibility index (Phi) is 4.66. The molecule has 0 amide bonds. The summed E-state index contributed by atoms with van der Waals surface area (Å²) in [5.74, 6) is -1.16. The van der Waals surface area contributed by atoms with Gasteiger partial charge in [-0.15, -0.1) is 0 Å². The molecule has 0 spiro atoms. The van der Waals surface area contributed by atoms with Crippen molar-refractivity contribution in [1.82, 2.24) is 0 Å². The Balaban J connectivity index is 2.64. The fraction of sp³-hybridized carbons (Fsp3) is 0.500. The van der Waals surface area contributed by atoms with E-state index in [-0.39, 0.29) is 11.0 Å². The first-order chi connectivity index (χ1) is 11.3. The quantitative estimate of drug-likeness (QED) is 0.603. The van der Waals surface area contributed by atoms with Gasteiger partial charge in [-0.25, -0.2) is 4.79 Å². The van der Waals surface area contributed by atoms with Gasteiger partial charge in [0.2, 0.25) is 0 Å². The molecule has 0 saturated carbocycles. The van der Waals surface area contributed by atoms with Crippen molar-refractivity contribution in [3.63, 3.8) is 0 Å². The fourth-order valence-electron chi connectivity index (χ4n) is 2.39. The highest BCUT2D eigenvalue weighted by Gasteiger charge is 2.53. The third-order valence-corrected chi connectivity index (χ3v) is 4.53. The highest BCUT2D eigenvalue weighted by molar-refractivity contribution is 6.63. The van der Waals surface area contributed by atoms with Crippen LogP contribution in [0.15, 0.2) is 12.1 Å². The molecular weight excluding hydrogens is 338 g/mol. The molecule has 1 heterocycles. The molecule has 9 heteroatoms. The van der Waals surface area contributed by atoms with Crippen LogP contribution >= 0.6 is 0 Å². The highest BCUT2D eigenvalue weighted by atomic mass is 19.4. The summed E-state index contributed by atoms with van der Waals surface area (Å²) in [5, 5.41) is 9.27. The predicted octanol–water partition coefficient (Wildman–Crippen LogP) is 2.66. The molecule has 1 aromatic rings. The standard InChI is InChI=1S/C16H17BF3NO4/c1-14(2)15(3,4)25-17(24-14)12-7-10(13(22)23-5)11(16(18,19)20)6-9(12)8-21/h6-7H,1-5H3. The fourth-order valence-corrected chi connectivity index (χ4v) is 2.39. The Morgan fingerprint density at radius 2 is 1.72 bits per heavy atom. The monoisotopic (exact) mass is 355 g/mol. The smallest absolute Gasteiger partial charge is 0.465 e. The van der Waals surface area contributed by atoms with Crippen LogP contribution in [0.5, 0.6) is 0 Å². The lowest BCUT2D eigenvalue weighted by Crippen LogP contribution is -2.41. The Morgan fingerprint density at radius 1 is 1.20 bits per heavy atom. The Hall–Kier alpha value is -2.05.